The van der Waals surface area contributed by atoms with Crippen LogP contribution in [0.25, 0.3) is 32.1 Å². The van der Waals surface area contributed by atoms with Crippen molar-refractivity contribution in [3.8, 4) is 23.2 Å². The summed E-state index contributed by atoms with van der Waals surface area (Å²) in [5.41, 5.74) is 8.25. The Hall–Kier alpha value is -3.52. The quantitative estimate of drug-likeness (QED) is 0.356. The molecule has 3 saturated heterocycles. The molecule has 39 heavy (non-hydrogen) atoms. The van der Waals surface area contributed by atoms with Gasteiger partial charge in [0, 0.05) is 62.7 Å². The third-order valence-corrected chi connectivity index (χ3v) is 9.64. The number of nitrogens with one attached hydrogen (secondary N) is 1. The number of hydrogen-bond donors (Lipinski definition) is 2. The maximum absolute atomic E-state index is 16.6. The van der Waals surface area contributed by atoms with Gasteiger partial charge in [-0.1, -0.05) is 6.07 Å². The van der Waals surface area contributed by atoms with Crippen LogP contribution < -0.4 is 20.7 Å². The fraction of sp³-hybridized carbons (Fsp3) is 0.414. The highest BCUT2D eigenvalue weighted by atomic mass is 32.1. The summed E-state index contributed by atoms with van der Waals surface area (Å²) in [6.07, 6.45) is 3.33. The van der Waals surface area contributed by atoms with Gasteiger partial charge < -0.3 is 20.7 Å². The smallest absolute Gasteiger partial charge is 0.319 e. The van der Waals surface area contributed by atoms with Gasteiger partial charge in [0.2, 0.25) is 0 Å². The number of likely N-dealkylation sites (N-methyl/N-ethyl adjacent to an activating group) is 1. The summed E-state index contributed by atoms with van der Waals surface area (Å²) in [6.45, 7) is 5.09. The van der Waals surface area contributed by atoms with Gasteiger partial charge in [0.05, 0.1) is 11.3 Å². The topological polar surface area (TPSA) is 103 Å². The molecule has 3 atom stereocenters. The molecule has 2 unspecified atom stereocenters. The third kappa shape index (κ3) is 3.99. The van der Waals surface area contributed by atoms with E-state index in [4.69, 9.17) is 15.5 Å². The summed E-state index contributed by atoms with van der Waals surface area (Å²) < 4.78 is 23.6. The zero-order valence-corrected chi connectivity index (χ0v) is 22.8. The Kier molecular flexibility index (Phi) is 5.84. The molecule has 0 amide bonds. The number of hydrogen-bond acceptors (Lipinski definition) is 9. The van der Waals surface area contributed by atoms with Crippen LogP contribution >= 0.6 is 11.3 Å². The van der Waals surface area contributed by atoms with Crippen LogP contribution in [0.1, 0.15) is 29.7 Å². The van der Waals surface area contributed by atoms with E-state index in [2.05, 4.69) is 33.2 Å². The van der Waals surface area contributed by atoms with E-state index in [-0.39, 0.29) is 11.5 Å². The molecule has 0 radical (unpaired) electrons. The summed E-state index contributed by atoms with van der Waals surface area (Å²) in [5.74, 6) is 0.281. The summed E-state index contributed by atoms with van der Waals surface area (Å²) in [4.78, 5) is 14.9. The first kappa shape index (κ1) is 24.5. The van der Waals surface area contributed by atoms with E-state index in [9.17, 15) is 5.26 Å². The number of halogens is 1. The summed E-state index contributed by atoms with van der Waals surface area (Å²) in [5, 5.41) is 14.9. The highest BCUT2D eigenvalue weighted by Crippen LogP contribution is 2.44. The van der Waals surface area contributed by atoms with E-state index in [1.165, 1.54) is 11.3 Å². The number of nitrogen functional groups attached to an aromatic ring is 1. The van der Waals surface area contributed by atoms with E-state index in [1.807, 2.05) is 19.1 Å². The SMILES string of the molecule is Cc1sc2ccc(N)c(C#N)c2c1-c1ccc2c(N3CC4CCC(C3)N4)nc(OC[C@@H]3CCN3C)nc2c1F. The van der Waals surface area contributed by atoms with Crippen LogP contribution in [0.5, 0.6) is 6.01 Å². The number of piperazine rings is 1. The van der Waals surface area contributed by atoms with Gasteiger partial charge in [0.1, 0.15) is 24.0 Å². The van der Waals surface area contributed by atoms with Gasteiger partial charge in [-0.25, -0.2) is 4.39 Å². The lowest BCUT2D eigenvalue weighted by atomic mass is 9.96. The number of nitrogens with zero attached hydrogens (tertiary/aromatic N) is 5. The molecule has 0 saturated carbocycles. The molecule has 4 aromatic rings. The molecule has 200 valence electrons. The van der Waals surface area contributed by atoms with Gasteiger partial charge in [-0.3, -0.25) is 4.90 Å². The lowest BCUT2D eigenvalue weighted by molar-refractivity contribution is 0.0732. The minimum atomic E-state index is -0.436. The standard InChI is InChI=1S/C29H30FN7OS/c1-15-24(25-21(11-31)22(32)7-8-23(25)39-15)19-5-6-20-27(26(19)30)34-29(38-14-18-9-10-36(18)2)35-28(20)37-12-16-3-4-17(13-37)33-16/h5-8,16-18,33H,3-4,9-10,12-14,32H2,1-2H3/t16?,17?,18-/m0/s1. The molecule has 8 nitrogen and oxygen atoms in total. The zero-order valence-electron chi connectivity index (χ0n) is 22.0. The summed E-state index contributed by atoms with van der Waals surface area (Å²) in [7, 11) is 2.07. The number of anilines is 2. The average Bonchev–Trinajstić information content (AvgIpc) is 3.44. The van der Waals surface area contributed by atoms with E-state index >= 15 is 4.39 Å². The lowest BCUT2D eigenvalue weighted by Crippen LogP contribution is -2.51. The Balaban J connectivity index is 1.39. The lowest BCUT2D eigenvalue weighted by Gasteiger charge is -2.37. The molecule has 3 N–H and O–H groups in total. The van der Waals surface area contributed by atoms with Gasteiger partial charge in [0.15, 0.2) is 5.82 Å². The second kappa shape index (κ2) is 9.30. The molecule has 3 aliphatic rings. The first-order valence-electron chi connectivity index (χ1n) is 13.5. The van der Waals surface area contributed by atoms with Crippen LogP contribution in [-0.4, -0.2) is 66.3 Å². The largest absolute Gasteiger partial charge is 0.462 e. The van der Waals surface area contributed by atoms with Crippen molar-refractivity contribution in [3.05, 3.63) is 40.5 Å². The van der Waals surface area contributed by atoms with Crippen LogP contribution in [0, 0.1) is 24.1 Å². The zero-order chi connectivity index (χ0) is 26.8. The van der Waals surface area contributed by atoms with Crippen molar-refractivity contribution < 1.29 is 9.13 Å². The van der Waals surface area contributed by atoms with E-state index in [0.717, 1.165) is 54.3 Å². The number of benzene rings is 2. The molecule has 0 spiro atoms. The number of thiophene rings is 1. The first-order valence-corrected chi connectivity index (χ1v) is 14.3. The van der Waals surface area contributed by atoms with Crippen molar-refractivity contribution in [1.82, 2.24) is 20.2 Å². The fourth-order valence-electron chi connectivity index (χ4n) is 6.32. The van der Waals surface area contributed by atoms with Gasteiger partial charge in [-0.15, -0.1) is 11.3 Å². The number of rotatable bonds is 5. The van der Waals surface area contributed by atoms with Crippen LogP contribution in [0.4, 0.5) is 15.9 Å². The van der Waals surface area contributed by atoms with Crippen molar-refractivity contribution in [1.29, 1.82) is 5.26 Å². The predicted octanol–water partition coefficient (Wildman–Crippen LogP) is 4.44. The first-order chi connectivity index (χ1) is 18.9. The summed E-state index contributed by atoms with van der Waals surface area (Å²) in [6, 6.07) is 10.9. The van der Waals surface area contributed by atoms with Crippen molar-refractivity contribution in [2.45, 2.75) is 44.3 Å². The molecular formula is C29H30FN7OS. The predicted molar refractivity (Wildman–Crippen MR) is 153 cm³/mol. The van der Waals surface area contributed by atoms with Crippen molar-refractivity contribution >= 4 is 43.8 Å². The van der Waals surface area contributed by atoms with Crippen molar-refractivity contribution in [3.63, 3.8) is 0 Å². The number of aromatic nitrogens is 2. The van der Waals surface area contributed by atoms with Crippen LogP contribution in [-0.2, 0) is 0 Å². The second-order valence-corrected chi connectivity index (χ2v) is 12.2. The van der Waals surface area contributed by atoms with Crippen LogP contribution in [0.2, 0.25) is 0 Å². The highest BCUT2D eigenvalue weighted by Gasteiger charge is 2.34. The van der Waals surface area contributed by atoms with Gasteiger partial charge in [-0.2, -0.15) is 15.2 Å². The van der Waals surface area contributed by atoms with Crippen molar-refractivity contribution in [2.24, 2.45) is 0 Å². The Morgan fingerprint density at radius 3 is 2.67 bits per heavy atom. The molecule has 3 aliphatic heterocycles. The summed E-state index contributed by atoms with van der Waals surface area (Å²) >= 11 is 1.53. The van der Waals surface area contributed by atoms with Crippen molar-refractivity contribution in [2.75, 3.05) is 43.9 Å². The number of aryl methyl sites for hydroxylation is 1. The minimum absolute atomic E-state index is 0.202. The normalized spacial score (nSPS) is 22.8. The van der Waals surface area contributed by atoms with Gasteiger partial charge >= 0.3 is 6.01 Å². The minimum Gasteiger partial charge on any atom is -0.462 e. The molecular weight excluding hydrogens is 513 g/mol. The maximum Gasteiger partial charge on any atom is 0.319 e. The molecule has 5 heterocycles. The molecule has 2 aromatic heterocycles. The van der Waals surface area contributed by atoms with Crippen LogP contribution in [0.15, 0.2) is 24.3 Å². The number of nitriles is 1. The van der Waals surface area contributed by atoms with Crippen LogP contribution in [0.3, 0.4) is 0 Å². The molecule has 10 heteroatoms. The second-order valence-electron chi connectivity index (χ2n) is 11.0. The number of likely N-dealkylation sites (tertiary alicyclic amines) is 1. The molecule has 2 aromatic carbocycles. The number of fused-ring (bicyclic) bond motifs is 4. The van der Waals surface area contributed by atoms with Gasteiger partial charge in [-0.05, 0) is 58.0 Å². The average molecular weight is 544 g/mol. The Morgan fingerprint density at radius 2 is 1.97 bits per heavy atom. The number of ether oxygens (including phenoxy) is 1. The Bertz CT molecular complexity index is 1650. The monoisotopic (exact) mass is 543 g/mol. The molecule has 2 bridgehead atoms. The third-order valence-electron chi connectivity index (χ3n) is 8.57. The van der Waals surface area contributed by atoms with E-state index in [1.54, 1.807) is 12.1 Å². The molecule has 0 aliphatic carbocycles. The number of nitrogens with two attached hydrogens (primary N) is 1. The van der Waals surface area contributed by atoms with E-state index < -0.39 is 5.82 Å². The Morgan fingerprint density at radius 1 is 1.18 bits per heavy atom. The highest BCUT2D eigenvalue weighted by molar-refractivity contribution is 7.19. The molecule has 7 rings (SSSR count). The molecule has 3 fully saturated rings. The Labute approximate surface area is 230 Å². The van der Waals surface area contributed by atoms with E-state index in [0.29, 0.717) is 57.9 Å². The maximum atomic E-state index is 16.6. The van der Waals surface area contributed by atoms with Gasteiger partial charge in [0.25, 0.3) is 0 Å². The fourth-order valence-corrected chi connectivity index (χ4v) is 7.40.